The first kappa shape index (κ1) is 17.9. The van der Waals surface area contributed by atoms with Crippen molar-refractivity contribution in [1.29, 1.82) is 0 Å². The molecule has 0 aliphatic carbocycles. The second-order valence-electron chi connectivity index (χ2n) is 7.16. The van der Waals surface area contributed by atoms with Crippen molar-refractivity contribution in [2.75, 3.05) is 13.1 Å². The van der Waals surface area contributed by atoms with Gasteiger partial charge in [-0.25, -0.2) is 0 Å². The molecule has 2 aliphatic heterocycles. The summed E-state index contributed by atoms with van der Waals surface area (Å²) in [7, 11) is 0. The number of rotatable bonds is 6. The highest BCUT2D eigenvalue weighted by molar-refractivity contribution is 5.98. The van der Waals surface area contributed by atoms with Crippen molar-refractivity contribution >= 4 is 17.6 Å². The molecule has 3 unspecified atom stereocenters. The fourth-order valence-corrected chi connectivity index (χ4v) is 3.68. The van der Waals surface area contributed by atoms with Gasteiger partial charge in [0.15, 0.2) is 5.78 Å². The summed E-state index contributed by atoms with van der Waals surface area (Å²) in [5.74, 6) is 0.192. The van der Waals surface area contributed by atoms with Crippen LogP contribution in [0.15, 0.2) is 0 Å². The molecule has 2 amide bonds. The molecule has 2 fully saturated rings. The van der Waals surface area contributed by atoms with Crippen LogP contribution in [0.2, 0.25) is 0 Å². The van der Waals surface area contributed by atoms with E-state index < -0.39 is 12.1 Å². The summed E-state index contributed by atoms with van der Waals surface area (Å²) in [6.45, 7) is 6.74. The summed E-state index contributed by atoms with van der Waals surface area (Å²) < 4.78 is 0. The molecule has 6 heteroatoms. The molecule has 0 saturated carbocycles. The maximum atomic E-state index is 12.6. The highest BCUT2D eigenvalue weighted by Crippen LogP contribution is 2.31. The molecule has 2 saturated heterocycles. The van der Waals surface area contributed by atoms with Crippen LogP contribution in [0.1, 0.15) is 52.9 Å². The molecular formula is C17H29N3O3. The summed E-state index contributed by atoms with van der Waals surface area (Å²) in [5.41, 5.74) is 6.00. The lowest BCUT2D eigenvalue weighted by Gasteiger charge is -2.27. The van der Waals surface area contributed by atoms with Crippen molar-refractivity contribution in [3.8, 4) is 0 Å². The predicted octanol–water partition coefficient (Wildman–Crippen LogP) is 0.931. The maximum absolute atomic E-state index is 12.6. The van der Waals surface area contributed by atoms with E-state index in [1.54, 1.807) is 9.80 Å². The minimum atomic E-state index is -0.564. The Morgan fingerprint density at radius 1 is 1.30 bits per heavy atom. The number of carbonyl (C=O) groups excluding carboxylic acids is 3. The molecule has 0 radical (unpaired) electrons. The van der Waals surface area contributed by atoms with Gasteiger partial charge >= 0.3 is 0 Å². The van der Waals surface area contributed by atoms with E-state index in [9.17, 15) is 14.4 Å². The van der Waals surface area contributed by atoms with Crippen LogP contribution in [-0.4, -0.2) is 58.6 Å². The van der Waals surface area contributed by atoms with Crippen molar-refractivity contribution in [2.24, 2.45) is 11.7 Å². The van der Waals surface area contributed by atoms with Gasteiger partial charge in [-0.1, -0.05) is 27.2 Å². The van der Waals surface area contributed by atoms with Gasteiger partial charge in [-0.3, -0.25) is 14.4 Å². The Kier molecular flexibility index (Phi) is 5.79. The van der Waals surface area contributed by atoms with Crippen molar-refractivity contribution in [1.82, 2.24) is 9.80 Å². The summed E-state index contributed by atoms with van der Waals surface area (Å²) in [6.07, 6.45) is 3.56. The van der Waals surface area contributed by atoms with E-state index in [1.807, 2.05) is 20.8 Å². The van der Waals surface area contributed by atoms with E-state index in [-0.39, 0.29) is 30.2 Å². The zero-order chi connectivity index (χ0) is 17.1. The number of Topliss-reactive ketones (excluding diaryl/α,β-unsaturated/α-hetero) is 1. The lowest BCUT2D eigenvalue weighted by atomic mass is 10.0. The molecule has 0 aromatic heterocycles. The lowest BCUT2D eigenvalue weighted by Crippen LogP contribution is -2.50. The van der Waals surface area contributed by atoms with Crippen LogP contribution in [0.5, 0.6) is 0 Å². The Morgan fingerprint density at radius 2 is 2.00 bits per heavy atom. The quantitative estimate of drug-likeness (QED) is 0.788. The zero-order valence-corrected chi connectivity index (χ0v) is 14.5. The third kappa shape index (κ3) is 3.74. The van der Waals surface area contributed by atoms with E-state index in [0.717, 1.165) is 12.8 Å². The molecule has 0 aromatic rings. The summed E-state index contributed by atoms with van der Waals surface area (Å²) in [5, 5.41) is 0. The van der Waals surface area contributed by atoms with Crippen molar-refractivity contribution in [3.63, 3.8) is 0 Å². The van der Waals surface area contributed by atoms with E-state index in [0.29, 0.717) is 31.7 Å². The minimum absolute atomic E-state index is 0.0255. The van der Waals surface area contributed by atoms with Crippen molar-refractivity contribution < 1.29 is 14.4 Å². The molecule has 2 heterocycles. The summed E-state index contributed by atoms with van der Waals surface area (Å²) in [4.78, 5) is 40.5. The Hall–Kier alpha value is -1.43. The number of unbranched alkanes of at least 4 members (excludes halogenated alkanes) is 1. The lowest BCUT2D eigenvalue weighted by molar-refractivity contribution is -0.137. The zero-order valence-electron chi connectivity index (χ0n) is 14.5. The smallest absolute Gasteiger partial charge is 0.240 e. The van der Waals surface area contributed by atoms with Crippen LogP contribution < -0.4 is 5.73 Å². The highest BCUT2D eigenvalue weighted by Gasteiger charge is 2.51. The Bertz CT molecular complexity index is 478. The summed E-state index contributed by atoms with van der Waals surface area (Å²) >= 11 is 0. The fraction of sp³-hybridized carbons (Fsp3) is 0.824. The number of hydrogen-bond acceptors (Lipinski definition) is 4. The van der Waals surface area contributed by atoms with Crippen LogP contribution in [0.3, 0.4) is 0 Å². The molecule has 130 valence electrons. The fourth-order valence-electron chi connectivity index (χ4n) is 3.68. The first-order valence-electron chi connectivity index (χ1n) is 8.75. The largest absolute Gasteiger partial charge is 0.330 e. The van der Waals surface area contributed by atoms with Crippen molar-refractivity contribution in [3.05, 3.63) is 0 Å². The Labute approximate surface area is 138 Å². The third-order valence-electron chi connectivity index (χ3n) is 4.81. The van der Waals surface area contributed by atoms with Gasteiger partial charge in [0, 0.05) is 13.0 Å². The van der Waals surface area contributed by atoms with Crippen LogP contribution >= 0.6 is 0 Å². The number of likely N-dealkylation sites (tertiary alicyclic amines) is 2. The van der Waals surface area contributed by atoms with Gasteiger partial charge in [0.25, 0.3) is 0 Å². The van der Waals surface area contributed by atoms with Crippen LogP contribution in [-0.2, 0) is 14.4 Å². The normalized spacial score (nSPS) is 25.2. The summed E-state index contributed by atoms with van der Waals surface area (Å²) in [6, 6.07) is -1.19. The van der Waals surface area contributed by atoms with Gasteiger partial charge in [0.1, 0.15) is 6.04 Å². The first-order valence-corrected chi connectivity index (χ1v) is 8.75. The second kappa shape index (κ2) is 7.43. The van der Waals surface area contributed by atoms with Gasteiger partial charge in [-0.05, 0) is 25.2 Å². The van der Waals surface area contributed by atoms with E-state index in [2.05, 4.69) is 0 Å². The van der Waals surface area contributed by atoms with Gasteiger partial charge in [-0.2, -0.15) is 0 Å². The minimum Gasteiger partial charge on any atom is -0.330 e. The number of nitrogens with zero attached hydrogens (tertiary/aromatic N) is 2. The molecule has 23 heavy (non-hydrogen) atoms. The molecule has 2 aliphatic rings. The van der Waals surface area contributed by atoms with Crippen LogP contribution in [0, 0.1) is 5.92 Å². The number of amides is 2. The van der Waals surface area contributed by atoms with Gasteiger partial charge in [0.2, 0.25) is 11.8 Å². The van der Waals surface area contributed by atoms with Gasteiger partial charge in [-0.15, -0.1) is 0 Å². The number of hydrogen-bond donors (Lipinski definition) is 1. The predicted molar refractivity (Wildman–Crippen MR) is 87.6 cm³/mol. The number of fused-ring (bicyclic) bond motifs is 1. The monoisotopic (exact) mass is 323 g/mol. The Balaban J connectivity index is 2.05. The standard InChI is InChI=1S/C17H29N3O3/c1-4-5-6-15(22)20-10-14(21)16-13(20)7-8-19(16)17(23)12(18)9-11(2)3/h11-13,16H,4-10,18H2,1-3H3. The second-order valence-corrected chi connectivity index (χ2v) is 7.16. The molecule has 0 aromatic carbocycles. The van der Waals surface area contributed by atoms with E-state index >= 15 is 0 Å². The van der Waals surface area contributed by atoms with E-state index in [1.165, 1.54) is 0 Å². The molecule has 0 bridgehead atoms. The first-order chi connectivity index (χ1) is 10.9. The Morgan fingerprint density at radius 3 is 2.61 bits per heavy atom. The molecular weight excluding hydrogens is 294 g/mol. The molecule has 6 nitrogen and oxygen atoms in total. The average Bonchev–Trinajstić information content (AvgIpc) is 3.05. The highest BCUT2D eigenvalue weighted by atomic mass is 16.2. The van der Waals surface area contributed by atoms with Crippen LogP contribution in [0.4, 0.5) is 0 Å². The van der Waals surface area contributed by atoms with Gasteiger partial charge in [0.05, 0.1) is 18.6 Å². The van der Waals surface area contributed by atoms with Gasteiger partial charge < -0.3 is 15.5 Å². The SMILES string of the molecule is CCCCC(=O)N1CC(=O)C2C1CCN2C(=O)C(N)CC(C)C. The topological polar surface area (TPSA) is 83.7 Å². The molecule has 0 spiro atoms. The third-order valence-corrected chi connectivity index (χ3v) is 4.81. The number of ketones is 1. The van der Waals surface area contributed by atoms with E-state index in [4.69, 9.17) is 5.73 Å². The average molecular weight is 323 g/mol. The number of nitrogens with two attached hydrogens (primary N) is 1. The number of carbonyl (C=O) groups is 3. The van der Waals surface area contributed by atoms with Crippen molar-refractivity contribution in [2.45, 2.75) is 71.0 Å². The molecule has 2 rings (SSSR count). The molecule has 3 atom stereocenters. The van der Waals surface area contributed by atoms with Crippen LogP contribution in [0.25, 0.3) is 0 Å². The molecule has 2 N–H and O–H groups in total. The maximum Gasteiger partial charge on any atom is 0.240 e.